The molecule has 0 aliphatic heterocycles. The van der Waals surface area contributed by atoms with Crippen LogP contribution in [0, 0.1) is 5.92 Å². The molecule has 19 heavy (non-hydrogen) atoms. The van der Waals surface area contributed by atoms with Crippen LogP contribution >= 0.6 is 0 Å². The summed E-state index contributed by atoms with van der Waals surface area (Å²) in [4.78, 5) is 0. The van der Waals surface area contributed by atoms with Gasteiger partial charge in [0.1, 0.15) is 0 Å². The summed E-state index contributed by atoms with van der Waals surface area (Å²) in [5.41, 5.74) is 0. The lowest BCUT2D eigenvalue weighted by Crippen LogP contribution is -2.28. The fourth-order valence-corrected chi connectivity index (χ4v) is 2.38. The SMILES string of the molecule is CC(C)COCCCNS(=O)(=O)CCCC(F)(F)F. The molecule has 0 bridgehead atoms. The highest BCUT2D eigenvalue weighted by Crippen LogP contribution is 2.21. The number of ether oxygens (including phenoxy) is 1. The van der Waals surface area contributed by atoms with Crippen molar-refractivity contribution in [2.45, 2.75) is 39.3 Å². The van der Waals surface area contributed by atoms with E-state index in [0.717, 1.165) is 0 Å². The molecule has 0 aromatic heterocycles. The van der Waals surface area contributed by atoms with Gasteiger partial charge in [0.2, 0.25) is 10.0 Å². The van der Waals surface area contributed by atoms with Crippen LogP contribution in [0.1, 0.15) is 33.1 Å². The average Bonchev–Trinajstić information content (AvgIpc) is 2.20. The molecule has 8 heteroatoms. The Kier molecular flexibility index (Phi) is 8.60. The number of sulfonamides is 1. The highest BCUT2D eigenvalue weighted by molar-refractivity contribution is 7.89. The molecule has 0 aliphatic rings. The quantitative estimate of drug-likeness (QED) is 0.630. The zero-order valence-electron chi connectivity index (χ0n) is 11.3. The van der Waals surface area contributed by atoms with E-state index in [1.807, 2.05) is 13.8 Å². The van der Waals surface area contributed by atoms with Crippen molar-refractivity contribution in [3.05, 3.63) is 0 Å². The van der Waals surface area contributed by atoms with Gasteiger partial charge in [-0.15, -0.1) is 0 Å². The van der Waals surface area contributed by atoms with E-state index in [4.69, 9.17) is 4.74 Å². The van der Waals surface area contributed by atoms with Crippen LogP contribution in [0.15, 0.2) is 0 Å². The standard InChI is InChI=1S/C11H22F3NO3S/c1-10(2)9-18-7-4-6-15-19(16,17)8-3-5-11(12,13)14/h10,15H,3-9H2,1-2H3. The summed E-state index contributed by atoms with van der Waals surface area (Å²) in [5, 5.41) is 0. The molecule has 0 saturated carbocycles. The lowest BCUT2D eigenvalue weighted by atomic mass is 10.2. The van der Waals surface area contributed by atoms with Crippen molar-refractivity contribution < 1.29 is 26.3 Å². The topological polar surface area (TPSA) is 55.4 Å². The molecule has 1 N–H and O–H groups in total. The molecule has 0 aliphatic carbocycles. The van der Waals surface area contributed by atoms with Crippen LogP contribution in [0.5, 0.6) is 0 Å². The van der Waals surface area contributed by atoms with Crippen LogP contribution in [0.25, 0.3) is 0 Å². The first-order valence-electron chi connectivity index (χ1n) is 6.24. The summed E-state index contributed by atoms with van der Waals surface area (Å²) in [6, 6.07) is 0. The Labute approximate surface area is 112 Å². The van der Waals surface area contributed by atoms with Crippen LogP contribution < -0.4 is 4.72 Å². The highest BCUT2D eigenvalue weighted by atomic mass is 32.2. The van der Waals surface area contributed by atoms with E-state index >= 15 is 0 Å². The molecular formula is C11H22F3NO3S. The summed E-state index contributed by atoms with van der Waals surface area (Å²) in [7, 11) is -3.61. The predicted octanol–water partition coefficient (Wildman–Crippen LogP) is 2.31. The van der Waals surface area contributed by atoms with Gasteiger partial charge in [0.25, 0.3) is 0 Å². The van der Waals surface area contributed by atoms with Gasteiger partial charge in [0.05, 0.1) is 5.75 Å². The third-order valence-corrected chi connectivity index (χ3v) is 3.58. The molecule has 0 saturated heterocycles. The smallest absolute Gasteiger partial charge is 0.381 e. The first-order chi connectivity index (χ1) is 8.62. The minimum atomic E-state index is -4.31. The van der Waals surface area contributed by atoms with Crippen molar-refractivity contribution >= 4 is 10.0 Å². The van der Waals surface area contributed by atoms with E-state index in [-0.39, 0.29) is 6.54 Å². The molecule has 0 unspecified atom stereocenters. The van der Waals surface area contributed by atoms with Crippen molar-refractivity contribution in [3.63, 3.8) is 0 Å². The maximum atomic E-state index is 11.9. The molecular weight excluding hydrogens is 283 g/mol. The number of rotatable bonds is 10. The molecule has 0 spiro atoms. The molecule has 0 aromatic rings. The maximum absolute atomic E-state index is 11.9. The normalized spacial score (nSPS) is 13.2. The first kappa shape index (κ1) is 18.7. The monoisotopic (exact) mass is 305 g/mol. The van der Waals surface area contributed by atoms with Gasteiger partial charge < -0.3 is 4.74 Å². The largest absolute Gasteiger partial charge is 0.389 e. The molecule has 0 amide bonds. The van der Waals surface area contributed by atoms with Gasteiger partial charge in [0, 0.05) is 26.2 Å². The molecule has 0 radical (unpaired) electrons. The summed E-state index contributed by atoms with van der Waals surface area (Å²) in [6.45, 7) is 5.24. The van der Waals surface area contributed by atoms with Gasteiger partial charge in [-0.1, -0.05) is 13.8 Å². The molecule has 0 rings (SSSR count). The van der Waals surface area contributed by atoms with E-state index in [9.17, 15) is 21.6 Å². The zero-order chi connectivity index (χ0) is 14.9. The predicted molar refractivity (Wildman–Crippen MR) is 67.4 cm³/mol. The third-order valence-electron chi connectivity index (χ3n) is 2.11. The van der Waals surface area contributed by atoms with E-state index in [2.05, 4.69) is 4.72 Å². The Morgan fingerprint density at radius 2 is 1.84 bits per heavy atom. The minimum Gasteiger partial charge on any atom is -0.381 e. The van der Waals surface area contributed by atoms with Crippen molar-refractivity contribution in [1.82, 2.24) is 4.72 Å². The fraction of sp³-hybridized carbons (Fsp3) is 1.00. The fourth-order valence-electron chi connectivity index (χ4n) is 1.26. The van der Waals surface area contributed by atoms with E-state index in [0.29, 0.717) is 25.6 Å². The summed E-state index contributed by atoms with van der Waals surface area (Å²) >= 11 is 0. The number of hydrogen-bond acceptors (Lipinski definition) is 3. The van der Waals surface area contributed by atoms with Crippen LogP contribution in [0.2, 0.25) is 0 Å². The van der Waals surface area contributed by atoms with Gasteiger partial charge in [-0.25, -0.2) is 13.1 Å². The van der Waals surface area contributed by atoms with Crippen molar-refractivity contribution in [3.8, 4) is 0 Å². The van der Waals surface area contributed by atoms with Crippen LogP contribution in [-0.4, -0.2) is 40.1 Å². The van der Waals surface area contributed by atoms with Crippen LogP contribution in [0.3, 0.4) is 0 Å². The molecule has 0 fully saturated rings. The number of hydrogen-bond donors (Lipinski definition) is 1. The minimum absolute atomic E-state index is 0.187. The Morgan fingerprint density at radius 3 is 2.37 bits per heavy atom. The molecule has 0 atom stereocenters. The van der Waals surface area contributed by atoms with Gasteiger partial charge in [-0.3, -0.25) is 0 Å². The van der Waals surface area contributed by atoms with Crippen LogP contribution in [0.4, 0.5) is 13.2 Å². The molecule has 0 heterocycles. The highest BCUT2D eigenvalue weighted by Gasteiger charge is 2.27. The Hall–Kier alpha value is -0.340. The molecule has 0 aromatic carbocycles. The Balaban J connectivity index is 3.63. The van der Waals surface area contributed by atoms with Gasteiger partial charge in [-0.2, -0.15) is 13.2 Å². The summed E-state index contributed by atoms with van der Waals surface area (Å²) in [6.07, 6.45) is -5.29. The van der Waals surface area contributed by atoms with Gasteiger partial charge >= 0.3 is 6.18 Å². The summed E-state index contributed by atoms with van der Waals surface area (Å²) in [5.74, 6) is -0.0848. The molecule has 4 nitrogen and oxygen atoms in total. The average molecular weight is 305 g/mol. The Bertz CT molecular complexity index is 329. The number of nitrogens with one attached hydrogen (secondary N) is 1. The van der Waals surface area contributed by atoms with Crippen molar-refractivity contribution in [2.24, 2.45) is 5.92 Å². The lowest BCUT2D eigenvalue weighted by Gasteiger charge is -2.09. The zero-order valence-corrected chi connectivity index (χ0v) is 12.1. The van der Waals surface area contributed by atoms with Crippen molar-refractivity contribution in [1.29, 1.82) is 0 Å². The molecule has 116 valence electrons. The van der Waals surface area contributed by atoms with Crippen LogP contribution in [-0.2, 0) is 14.8 Å². The van der Waals surface area contributed by atoms with Gasteiger partial charge in [-0.05, 0) is 18.8 Å². The van der Waals surface area contributed by atoms with Crippen molar-refractivity contribution in [2.75, 3.05) is 25.5 Å². The third kappa shape index (κ3) is 13.9. The maximum Gasteiger partial charge on any atom is 0.389 e. The Morgan fingerprint density at radius 1 is 1.21 bits per heavy atom. The number of alkyl halides is 3. The summed E-state index contributed by atoms with van der Waals surface area (Å²) < 4.78 is 65.8. The number of halogens is 3. The first-order valence-corrected chi connectivity index (χ1v) is 7.89. The van der Waals surface area contributed by atoms with E-state index in [1.165, 1.54) is 0 Å². The van der Waals surface area contributed by atoms with Gasteiger partial charge in [0.15, 0.2) is 0 Å². The second-order valence-corrected chi connectivity index (χ2v) is 6.68. The van der Waals surface area contributed by atoms with E-state index < -0.39 is 34.8 Å². The van der Waals surface area contributed by atoms with E-state index in [1.54, 1.807) is 0 Å². The lowest BCUT2D eigenvalue weighted by molar-refractivity contribution is -0.134. The second-order valence-electron chi connectivity index (χ2n) is 4.75. The second kappa shape index (κ2) is 8.76.